The maximum atomic E-state index is 12.5. The van der Waals surface area contributed by atoms with Gasteiger partial charge in [0.25, 0.3) is 0 Å². The SMILES string of the molecule is NC(=S)c1ccccc1Cn1cc(C(F)(F)F)cn1. The van der Waals surface area contributed by atoms with Gasteiger partial charge in [0.05, 0.1) is 18.3 Å². The van der Waals surface area contributed by atoms with Gasteiger partial charge in [-0.15, -0.1) is 0 Å². The Morgan fingerprint density at radius 2 is 2.00 bits per heavy atom. The minimum atomic E-state index is -4.39. The van der Waals surface area contributed by atoms with Gasteiger partial charge in [0.1, 0.15) is 4.99 Å². The Hall–Kier alpha value is -1.89. The summed E-state index contributed by atoms with van der Waals surface area (Å²) in [5, 5.41) is 3.69. The zero-order valence-corrected chi connectivity index (χ0v) is 10.5. The molecule has 0 saturated carbocycles. The molecule has 0 aliphatic carbocycles. The van der Waals surface area contributed by atoms with Crippen LogP contribution in [-0.4, -0.2) is 14.8 Å². The molecule has 0 amide bonds. The van der Waals surface area contributed by atoms with Gasteiger partial charge >= 0.3 is 6.18 Å². The highest BCUT2D eigenvalue weighted by molar-refractivity contribution is 7.80. The van der Waals surface area contributed by atoms with E-state index in [0.717, 1.165) is 18.0 Å². The Labute approximate surface area is 112 Å². The van der Waals surface area contributed by atoms with Crippen LogP contribution in [0, 0.1) is 0 Å². The van der Waals surface area contributed by atoms with E-state index in [0.29, 0.717) is 5.56 Å². The van der Waals surface area contributed by atoms with E-state index in [4.69, 9.17) is 18.0 Å². The average Bonchev–Trinajstić information content (AvgIpc) is 2.77. The van der Waals surface area contributed by atoms with Crippen LogP contribution in [0.1, 0.15) is 16.7 Å². The normalized spacial score (nSPS) is 11.5. The van der Waals surface area contributed by atoms with E-state index in [1.54, 1.807) is 24.3 Å². The first-order valence-corrected chi connectivity index (χ1v) is 5.76. The number of thiocarbonyl (C=S) groups is 1. The molecular formula is C12H10F3N3S. The summed E-state index contributed by atoms with van der Waals surface area (Å²) >= 11 is 4.90. The van der Waals surface area contributed by atoms with Crippen LogP contribution in [-0.2, 0) is 12.7 Å². The molecule has 0 aliphatic heterocycles. The van der Waals surface area contributed by atoms with E-state index in [1.165, 1.54) is 4.68 Å². The van der Waals surface area contributed by atoms with Crippen molar-refractivity contribution in [1.82, 2.24) is 9.78 Å². The third-order valence-electron chi connectivity index (χ3n) is 2.58. The summed E-state index contributed by atoms with van der Waals surface area (Å²) < 4.78 is 38.6. The number of hydrogen-bond acceptors (Lipinski definition) is 2. The van der Waals surface area contributed by atoms with Crippen molar-refractivity contribution in [2.24, 2.45) is 5.73 Å². The van der Waals surface area contributed by atoms with E-state index >= 15 is 0 Å². The molecule has 0 spiro atoms. The number of benzene rings is 1. The molecule has 2 rings (SSSR count). The lowest BCUT2D eigenvalue weighted by atomic mass is 10.1. The number of rotatable bonds is 3. The standard InChI is InChI=1S/C12H10F3N3S/c13-12(14,15)9-5-17-18(7-9)6-8-3-1-2-4-10(8)11(16)19/h1-5,7H,6H2,(H2,16,19). The second-order valence-electron chi connectivity index (χ2n) is 3.95. The highest BCUT2D eigenvalue weighted by Gasteiger charge is 2.32. The van der Waals surface area contributed by atoms with Gasteiger partial charge in [0.15, 0.2) is 0 Å². The van der Waals surface area contributed by atoms with Gasteiger partial charge in [0.2, 0.25) is 0 Å². The monoisotopic (exact) mass is 285 g/mol. The fourth-order valence-corrected chi connectivity index (χ4v) is 1.87. The molecule has 100 valence electrons. The van der Waals surface area contributed by atoms with Crippen LogP contribution >= 0.6 is 12.2 Å². The molecule has 1 aromatic heterocycles. The minimum Gasteiger partial charge on any atom is -0.389 e. The lowest BCUT2D eigenvalue weighted by molar-refractivity contribution is -0.137. The van der Waals surface area contributed by atoms with Crippen molar-refractivity contribution in [1.29, 1.82) is 0 Å². The molecule has 0 saturated heterocycles. The Morgan fingerprint density at radius 3 is 2.58 bits per heavy atom. The summed E-state index contributed by atoms with van der Waals surface area (Å²) in [5.41, 5.74) is 6.16. The predicted octanol–water partition coefficient (Wildman–Crippen LogP) is 2.58. The van der Waals surface area contributed by atoms with Crippen LogP contribution in [0.2, 0.25) is 0 Å². The predicted molar refractivity (Wildman–Crippen MR) is 68.7 cm³/mol. The summed E-state index contributed by atoms with van der Waals surface area (Å²) in [6.45, 7) is 0.184. The highest BCUT2D eigenvalue weighted by atomic mass is 32.1. The maximum absolute atomic E-state index is 12.5. The molecule has 0 fully saturated rings. The Bertz CT molecular complexity index is 604. The van der Waals surface area contributed by atoms with Crippen molar-refractivity contribution in [2.75, 3.05) is 0 Å². The fraction of sp³-hybridized carbons (Fsp3) is 0.167. The van der Waals surface area contributed by atoms with Crippen LogP contribution < -0.4 is 5.73 Å². The molecule has 1 aromatic carbocycles. The first kappa shape index (κ1) is 13.5. The molecule has 0 bridgehead atoms. The minimum absolute atomic E-state index is 0.184. The van der Waals surface area contributed by atoms with Gasteiger partial charge in [-0.3, -0.25) is 4.68 Å². The number of aromatic nitrogens is 2. The first-order chi connectivity index (χ1) is 8.88. The molecule has 3 nitrogen and oxygen atoms in total. The van der Waals surface area contributed by atoms with Gasteiger partial charge in [0, 0.05) is 11.8 Å². The van der Waals surface area contributed by atoms with E-state index in [-0.39, 0.29) is 11.5 Å². The van der Waals surface area contributed by atoms with Crippen molar-refractivity contribution in [3.05, 3.63) is 53.3 Å². The van der Waals surface area contributed by atoms with E-state index < -0.39 is 11.7 Å². The number of alkyl halides is 3. The molecule has 1 heterocycles. The molecule has 2 aromatic rings. The molecule has 0 unspecified atom stereocenters. The Morgan fingerprint density at radius 1 is 1.32 bits per heavy atom. The topological polar surface area (TPSA) is 43.8 Å². The summed E-state index contributed by atoms with van der Waals surface area (Å²) in [6.07, 6.45) is -2.64. The zero-order valence-electron chi connectivity index (χ0n) is 9.69. The zero-order chi connectivity index (χ0) is 14.0. The van der Waals surface area contributed by atoms with Crippen LogP contribution in [0.5, 0.6) is 0 Å². The molecule has 7 heteroatoms. The molecule has 0 atom stereocenters. The van der Waals surface area contributed by atoms with Crippen LogP contribution in [0.4, 0.5) is 13.2 Å². The number of hydrogen-bond donors (Lipinski definition) is 1. The quantitative estimate of drug-likeness (QED) is 0.882. The van der Waals surface area contributed by atoms with Crippen molar-refractivity contribution in [3.8, 4) is 0 Å². The van der Waals surface area contributed by atoms with E-state index in [9.17, 15) is 13.2 Å². The second-order valence-corrected chi connectivity index (χ2v) is 4.39. The van der Waals surface area contributed by atoms with Crippen LogP contribution in [0.3, 0.4) is 0 Å². The number of nitrogens with two attached hydrogens (primary N) is 1. The first-order valence-electron chi connectivity index (χ1n) is 5.35. The summed E-state index contributed by atoms with van der Waals surface area (Å²) in [4.78, 5) is 0.207. The lowest BCUT2D eigenvalue weighted by Gasteiger charge is -2.08. The van der Waals surface area contributed by atoms with Crippen LogP contribution in [0.15, 0.2) is 36.7 Å². The lowest BCUT2D eigenvalue weighted by Crippen LogP contribution is -2.14. The summed E-state index contributed by atoms with van der Waals surface area (Å²) in [7, 11) is 0. The van der Waals surface area contributed by atoms with Crippen molar-refractivity contribution in [2.45, 2.75) is 12.7 Å². The van der Waals surface area contributed by atoms with Gasteiger partial charge in [-0.2, -0.15) is 18.3 Å². The highest BCUT2D eigenvalue weighted by Crippen LogP contribution is 2.28. The molecule has 0 aliphatic rings. The maximum Gasteiger partial charge on any atom is 0.419 e. The fourth-order valence-electron chi connectivity index (χ4n) is 1.67. The third-order valence-corrected chi connectivity index (χ3v) is 2.80. The van der Waals surface area contributed by atoms with Crippen LogP contribution in [0.25, 0.3) is 0 Å². The van der Waals surface area contributed by atoms with Gasteiger partial charge in [-0.05, 0) is 5.56 Å². The van der Waals surface area contributed by atoms with E-state index in [2.05, 4.69) is 5.10 Å². The van der Waals surface area contributed by atoms with E-state index in [1.807, 2.05) is 0 Å². The smallest absolute Gasteiger partial charge is 0.389 e. The summed E-state index contributed by atoms with van der Waals surface area (Å²) in [6, 6.07) is 7.02. The van der Waals surface area contributed by atoms with Crippen molar-refractivity contribution in [3.63, 3.8) is 0 Å². The molecular weight excluding hydrogens is 275 g/mol. The molecule has 2 N–H and O–H groups in total. The second kappa shape index (κ2) is 5.00. The summed E-state index contributed by atoms with van der Waals surface area (Å²) in [5.74, 6) is 0. The van der Waals surface area contributed by atoms with Gasteiger partial charge < -0.3 is 5.73 Å². The van der Waals surface area contributed by atoms with Gasteiger partial charge in [-0.1, -0.05) is 36.5 Å². The number of nitrogens with zero attached hydrogens (tertiary/aromatic N) is 2. The van der Waals surface area contributed by atoms with Gasteiger partial charge in [-0.25, -0.2) is 0 Å². The average molecular weight is 285 g/mol. The Balaban J connectivity index is 2.27. The number of halogens is 3. The van der Waals surface area contributed by atoms with Crippen molar-refractivity contribution >= 4 is 17.2 Å². The molecule has 19 heavy (non-hydrogen) atoms. The van der Waals surface area contributed by atoms with Crippen molar-refractivity contribution < 1.29 is 13.2 Å². The molecule has 0 radical (unpaired) electrons. The third kappa shape index (κ3) is 3.11. The Kier molecular flexibility index (Phi) is 3.57. The largest absolute Gasteiger partial charge is 0.419 e.